The number of hydrogen-bond acceptors (Lipinski definition) is 3. The second kappa shape index (κ2) is 6.35. The van der Waals surface area contributed by atoms with Crippen LogP contribution in [0.3, 0.4) is 0 Å². The van der Waals surface area contributed by atoms with Gasteiger partial charge in [0.05, 0.1) is 20.5 Å². The molecule has 0 radical (unpaired) electrons. The van der Waals surface area contributed by atoms with Crippen molar-refractivity contribution in [3.05, 3.63) is 66.7 Å². The first-order chi connectivity index (χ1) is 10.8. The largest absolute Gasteiger partial charge is 0.497 e. The molecular weight excluding hydrogens is 276 g/mol. The third kappa shape index (κ3) is 2.96. The van der Waals surface area contributed by atoms with Crippen molar-refractivity contribution in [2.45, 2.75) is 6.54 Å². The number of ether oxygens (including phenoxy) is 2. The SMILES string of the molecule is COc1ccc(OC)c(-c2ccc(Cn3ccnc3)cc2)c1. The highest BCUT2D eigenvalue weighted by atomic mass is 16.5. The maximum Gasteiger partial charge on any atom is 0.126 e. The highest BCUT2D eigenvalue weighted by Gasteiger charge is 2.07. The van der Waals surface area contributed by atoms with Crippen LogP contribution in [0.5, 0.6) is 11.5 Å². The molecule has 0 saturated carbocycles. The lowest BCUT2D eigenvalue weighted by atomic mass is 10.0. The van der Waals surface area contributed by atoms with Crippen LogP contribution < -0.4 is 9.47 Å². The Labute approximate surface area is 130 Å². The Kier molecular flexibility index (Phi) is 4.10. The zero-order valence-corrected chi connectivity index (χ0v) is 12.7. The van der Waals surface area contributed by atoms with Gasteiger partial charge in [-0.1, -0.05) is 24.3 Å². The predicted octanol–water partition coefficient (Wildman–Crippen LogP) is 3.62. The van der Waals surface area contributed by atoms with Crippen LogP contribution in [0.1, 0.15) is 5.56 Å². The molecule has 0 unspecified atom stereocenters. The van der Waals surface area contributed by atoms with Gasteiger partial charge in [0.2, 0.25) is 0 Å². The zero-order chi connectivity index (χ0) is 15.4. The Morgan fingerprint density at radius 2 is 1.82 bits per heavy atom. The highest BCUT2D eigenvalue weighted by molar-refractivity contribution is 5.72. The third-order valence-corrected chi connectivity index (χ3v) is 3.60. The smallest absolute Gasteiger partial charge is 0.126 e. The van der Waals surface area contributed by atoms with Crippen molar-refractivity contribution < 1.29 is 9.47 Å². The van der Waals surface area contributed by atoms with E-state index in [4.69, 9.17) is 9.47 Å². The Bertz CT molecular complexity index is 734. The maximum absolute atomic E-state index is 5.45. The van der Waals surface area contributed by atoms with E-state index in [-0.39, 0.29) is 0 Å². The quantitative estimate of drug-likeness (QED) is 0.721. The second-order valence-corrected chi connectivity index (χ2v) is 5.00. The molecule has 1 aromatic heterocycles. The summed E-state index contributed by atoms with van der Waals surface area (Å²) in [5.74, 6) is 1.65. The topological polar surface area (TPSA) is 36.3 Å². The van der Waals surface area contributed by atoms with Crippen molar-refractivity contribution >= 4 is 0 Å². The number of benzene rings is 2. The van der Waals surface area contributed by atoms with E-state index in [1.165, 1.54) is 5.56 Å². The lowest BCUT2D eigenvalue weighted by Crippen LogP contribution is -1.96. The zero-order valence-electron chi connectivity index (χ0n) is 12.7. The molecule has 0 N–H and O–H groups in total. The molecule has 4 nitrogen and oxygen atoms in total. The molecule has 3 rings (SSSR count). The molecular formula is C18H18N2O2. The number of hydrogen-bond donors (Lipinski definition) is 0. The van der Waals surface area contributed by atoms with Crippen LogP contribution in [0.25, 0.3) is 11.1 Å². The van der Waals surface area contributed by atoms with Crippen LogP contribution in [0.4, 0.5) is 0 Å². The summed E-state index contributed by atoms with van der Waals surface area (Å²) in [5, 5.41) is 0. The van der Waals surface area contributed by atoms with Crippen molar-refractivity contribution in [3.8, 4) is 22.6 Å². The number of rotatable bonds is 5. The fourth-order valence-electron chi connectivity index (χ4n) is 2.42. The summed E-state index contributed by atoms with van der Waals surface area (Å²) >= 11 is 0. The van der Waals surface area contributed by atoms with Crippen molar-refractivity contribution in [1.29, 1.82) is 0 Å². The molecule has 3 aromatic rings. The van der Waals surface area contributed by atoms with Gasteiger partial charge in [0, 0.05) is 24.5 Å². The number of methoxy groups -OCH3 is 2. The summed E-state index contributed by atoms with van der Waals surface area (Å²) in [6.45, 7) is 0.815. The van der Waals surface area contributed by atoms with Crippen molar-refractivity contribution in [2.75, 3.05) is 14.2 Å². The molecule has 4 heteroatoms. The molecule has 22 heavy (non-hydrogen) atoms. The van der Waals surface area contributed by atoms with Crippen molar-refractivity contribution in [3.63, 3.8) is 0 Å². The summed E-state index contributed by atoms with van der Waals surface area (Å²) in [6.07, 6.45) is 5.56. The lowest BCUT2D eigenvalue weighted by molar-refractivity contribution is 0.404. The number of nitrogens with zero attached hydrogens (tertiary/aromatic N) is 2. The molecule has 0 bridgehead atoms. The maximum atomic E-state index is 5.45. The van der Waals surface area contributed by atoms with Gasteiger partial charge >= 0.3 is 0 Å². The van der Waals surface area contributed by atoms with Gasteiger partial charge in [0.15, 0.2) is 0 Å². The molecule has 0 atom stereocenters. The van der Waals surface area contributed by atoms with E-state index < -0.39 is 0 Å². The lowest BCUT2D eigenvalue weighted by Gasteiger charge is -2.11. The fraction of sp³-hybridized carbons (Fsp3) is 0.167. The number of imidazole rings is 1. The first-order valence-corrected chi connectivity index (χ1v) is 7.07. The van der Waals surface area contributed by atoms with Crippen LogP contribution >= 0.6 is 0 Å². The summed E-state index contributed by atoms with van der Waals surface area (Å²) in [7, 11) is 3.35. The number of aromatic nitrogens is 2. The van der Waals surface area contributed by atoms with Gasteiger partial charge in [-0.05, 0) is 29.3 Å². The van der Waals surface area contributed by atoms with Gasteiger partial charge in [-0.3, -0.25) is 0 Å². The molecule has 1 heterocycles. The fourth-order valence-corrected chi connectivity index (χ4v) is 2.42. The van der Waals surface area contributed by atoms with E-state index >= 15 is 0 Å². The standard InChI is InChI=1S/C18H18N2O2/c1-21-16-7-8-18(22-2)17(11-16)15-5-3-14(4-6-15)12-20-10-9-19-13-20/h3-11,13H,12H2,1-2H3. The predicted molar refractivity (Wildman–Crippen MR) is 86.3 cm³/mol. The normalized spacial score (nSPS) is 10.5. The molecule has 112 valence electrons. The average molecular weight is 294 g/mol. The van der Waals surface area contributed by atoms with E-state index in [0.717, 1.165) is 29.2 Å². The molecule has 0 aliphatic carbocycles. The molecule has 0 aliphatic heterocycles. The second-order valence-electron chi connectivity index (χ2n) is 5.00. The Morgan fingerprint density at radius 3 is 2.45 bits per heavy atom. The Hall–Kier alpha value is -2.75. The van der Waals surface area contributed by atoms with Crippen molar-refractivity contribution in [2.24, 2.45) is 0 Å². The summed E-state index contributed by atoms with van der Waals surface area (Å²) in [6, 6.07) is 14.3. The van der Waals surface area contributed by atoms with E-state index in [1.54, 1.807) is 20.4 Å². The first-order valence-electron chi connectivity index (χ1n) is 7.07. The molecule has 2 aromatic carbocycles. The van der Waals surface area contributed by atoms with Crippen molar-refractivity contribution in [1.82, 2.24) is 9.55 Å². The summed E-state index contributed by atoms with van der Waals surface area (Å²) < 4.78 is 12.8. The van der Waals surface area contributed by atoms with Crippen LogP contribution in [0.2, 0.25) is 0 Å². The summed E-state index contributed by atoms with van der Waals surface area (Å²) in [4.78, 5) is 4.06. The van der Waals surface area contributed by atoms with Crippen LogP contribution in [-0.2, 0) is 6.54 Å². The van der Waals surface area contributed by atoms with Gasteiger partial charge in [0.25, 0.3) is 0 Å². The van der Waals surface area contributed by atoms with Gasteiger partial charge in [-0.2, -0.15) is 0 Å². The summed E-state index contributed by atoms with van der Waals surface area (Å²) in [5.41, 5.74) is 3.35. The van der Waals surface area contributed by atoms with Gasteiger partial charge in [-0.25, -0.2) is 4.98 Å². The first kappa shape index (κ1) is 14.2. The van der Waals surface area contributed by atoms with E-state index in [1.807, 2.05) is 35.3 Å². The van der Waals surface area contributed by atoms with Crippen LogP contribution in [0.15, 0.2) is 61.2 Å². The average Bonchev–Trinajstić information content (AvgIpc) is 3.08. The van der Waals surface area contributed by atoms with Gasteiger partial charge < -0.3 is 14.0 Å². The van der Waals surface area contributed by atoms with Crippen LogP contribution in [0, 0.1) is 0 Å². The monoisotopic (exact) mass is 294 g/mol. The molecule has 0 fully saturated rings. The van der Waals surface area contributed by atoms with Gasteiger partial charge in [-0.15, -0.1) is 0 Å². The molecule has 0 saturated heterocycles. The molecule has 0 amide bonds. The Balaban J connectivity index is 1.89. The molecule has 0 spiro atoms. The molecule has 0 aliphatic rings. The van der Waals surface area contributed by atoms with E-state index in [9.17, 15) is 0 Å². The highest BCUT2D eigenvalue weighted by Crippen LogP contribution is 2.33. The van der Waals surface area contributed by atoms with E-state index in [2.05, 4.69) is 29.2 Å². The minimum atomic E-state index is 0.815. The van der Waals surface area contributed by atoms with Crippen LogP contribution in [-0.4, -0.2) is 23.8 Å². The Morgan fingerprint density at radius 1 is 1.00 bits per heavy atom. The third-order valence-electron chi connectivity index (χ3n) is 3.60. The minimum Gasteiger partial charge on any atom is -0.497 e. The van der Waals surface area contributed by atoms with Gasteiger partial charge in [0.1, 0.15) is 11.5 Å². The minimum absolute atomic E-state index is 0.815. The van der Waals surface area contributed by atoms with E-state index in [0.29, 0.717) is 0 Å².